The van der Waals surface area contributed by atoms with E-state index >= 15 is 0 Å². The van der Waals surface area contributed by atoms with Gasteiger partial charge in [-0.1, -0.05) is 30.8 Å². The lowest BCUT2D eigenvalue weighted by atomic mass is 9.75. The summed E-state index contributed by atoms with van der Waals surface area (Å²) < 4.78 is 5.11. The Hall–Kier alpha value is -2.21. The highest BCUT2D eigenvalue weighted by Crippen LogP contribution is 2.38. The van der Waals surface area contributed by atoms with Gasteiger partial charge in [-0.2, -0.15) is 0 Å². The van der Waals surface area contributed by atoms with Crippen molar-refractivity contribution >= 4 is 22.6 Å². The number of likely N-dealkylation sites (tertiary alicyclic amines) is 1. The number of phenols is 1. The van der Waals surface area contributed by atoms with E-state index in [1.807, 2.05) is 18.2 Å². The van der Waals surface area contributed by atoms with Crippen LogP contribution in [0.25, 0.3) is 0 Å². The lowest BCUT2D eigenvalue weighted by Gasteiger charge is -2.40. The fraction of sp³-hybridized carbons (Fsp3) is 0.455. The molecule has 0 radical (unpaired) electrons. The SMILES string of the molecule is COc1ccc(N=C(SC)N2CCC(C)(Cc3c(C)cccc3O)CC2)cn1. The van der Waals surface area contributed by atoms with Gasteiger partial charge in [0.25, 0.3) is 0 Å². The molecule has 0 atom stereocenters. The summed E-state index contributed by atoms with van der Waals surface area (Å²) in [7, 11) is 1.61. The minimum atomic E-state index is 0.186. The predicted molar refractivity (Wildman–Crippen MR) is 117 cm³/mol. The average molecular weight is 400 g/mol. The van der Waals surface area contributed by atoms with Crippen LogP contribution in [-0.4, -0.2) is 46.6 Å². The van der Waals surface area contributed by atoms with Crippen LogP contribution in [-0.2, 0) is 6.42 Å². The van der Waals surface area contributed by atoms with Crippen LogP contribution >= 0.6 is 11.8 Å². The molecule has 2 heterocycles. The minimum Gasteiger partial charge on any atom is -0.508 e. The molecule has 1 aliphatic rings. The number of benzene rings is 1. The number of aryl methyl sites for hydroxylation is 1. The first kappa shape index (κ1) is 20.5. The van der Waals surface area contributed by atoms with Crippen molar-refractivity contribution in [3.05, 3.63) is 47.7 Å². The summed E-state index contributed by atoms with van der Waals surface area (Å²) in [5, 5.41) is 11.3. The summed E-state index contributed by atoms with van der Waals surface area (Å²) in [6.07, 6.45) is 6.86. The number of aromatic hydroxyl groups is 1. The molecule has 2 aromatic rings. The van der Waals surface area contributed by atoms with Gasteiger partial charge in [-0.25, -0.2) is 9.98 Å². The zero-order chi connectivity index (χ0) is 20.1. The van der Waals surface area contributed by atoms with Crippen molar-refractivity contribution in [2.75, 3.05) is 26.5 Å². The van der Waals surface area contributed by atoms with E-state index in [2.05, 4.69) is 36.1 Å². The largest absolute Gasteiger partial charge is 0.508 e. The van der Waals surface area contributed by atoms with Crippen LogP contribution in [0.5, 0.6) is 11.6 Å². The standard InChI is InChI=1S/C22H29N3O2S/c1-16-6-5-7-19(26)18(16)14-22(2)10-12-25(13-11-22)21(28-4)24-17-8-9-20(27-3)23-15-17/h5-9,15,26H,10-14H2,1-4H3. The predicted octanol–water partition coefficient (Wildman–Crippen LogP) is 4.80. The number of phenolic OH excluding ortho intramolecular Hbond substituents is 1. The van der Waals surface area contributed by atoms with Crippen LogP contribution in [0.15, 0.2) is 41.5 Å². The number of nitrogens with zero attached hydrogens (tertiary/aromatic N) is 3. The molecule has 1 fully saturated rings. The van der Waals surface area contributed by atoms with E-state index in [4.69, 9.17) is 9.73 Å². The van der Waals surface area contributed by atoms with Crippen molar-refractivity contribution in [2.24, 2.45) is 10.4 Å². The first-order valence-electron chi connectivity index (χ1n) is 9.59. The van der Waals surface area contributed by atoms with Crippen molar-refractivity contribution in [2.45, 2.75) is 33.1 Å². The van der Waals surface area contributed by atoms with Gasteiger partial charge in [0.05, 0.1) is 19.0 Å². The second-order valence-corrected chi connectivity index (χ2v) is 8.48. The van der Waals surface area contributed by atoms with Gasteiger partial charge in [-0.15, -0.1) is 0 Å². The normalized spacial score (nSPS) is 16.9. The van der Waals surface area contributed by atoms with Crippen molar-refractivity contribution in [3.8, 4) is 11.6 Å². The summed E-state index contributed by atoms with van der Waals surface area (Å²) in [6.45, 7) is 6.34. The smallest absolute Gasteiger partial charge is 0.213 e. The topological polar surface area (TPSA) is 58.0 Å². The Bertz CT molecular complexity index is 808. The van der Waals surface area contributed by atoms with Gasteiger partial charge in [0.15, 0.2) is 5.17 Å². The summed E-state index contributed by atoms with van der Waals surface area (Å²) in [5.41, 5.74) is 3.28. The number of aliphatic imine (C=N–C) groups is 1. The van der Waals surface area contributed by atoms with E-state index in [1.54, 1.807) is 31.1 Å². The van der Waals surface area contributed by atoms with Gasteiger partial charge < -0.3 is 14.7 Å². The molecule has 3 rings (SSSR count). The second-order valence-electron chi connectivity index (χ2n) is 7.70. The summed E-state index contributed by atoms with van der Waals surface area (Å²) in [4.78, 5) is 11.4. The lowest BCUT2D eigenvalue weighted by molar-refractivity contribution is 0.168. The number of aromatic nitrogens is 1. The van der Waals surface area contributed by atoms with E-state index in [9.17, 15) is 5.11 Å². The van der Waals surface area contributed by atoms with Crippen molar-refractivity contribution in [1.29, 1.82) is 0 Å². The lowest BCUT2D eigenvalue weighted by Crippen LogP contribution is -2.42. The molecular weight excluding hydrogens is 370 g/mol. The fourth-order valence-electron chi connectivity index (χ4n) is 3.67. The number of pyridine rings is 1. The summed E-state index contributed by atoms with van der Waals surface area (Å²) >= 11 is 1.67. The van der Waals surface area contributed by atoms with Crippen LogP contribution in [0, 0.1) is 12.3 Å². The first-order valence-corrected chi connectivity index (χ1v) is 10.8. The number of hydrogen-bond acceptors (Lipinski definition) is 5. The highest BCUT2D eigenvalue weighted by molar-refractivity contribution is 8.13. The van der Waals surface area contributed by atoms with Gasteiger partial charge in [-0.05, 0) is 61.1 Å². The van der Waals surface area contributed by atoms with Crippen LogP contribution in [0.4, 0.5) is 5.69 Å². The minimum absolute atomic E-state index is 0.186. The number of methoxy groups -OCH3 is 1. The van der Waals surface area contributed by atoms with Crippen LogP contribution in [0.1, 0.15) is 30.9 Å². The molecule has 0 spiro atoms. The number of ether oxygens (including phenoxy) is 1. The van der Waals surface area contributed by atoms with E-state index in [-0.39, 0.29) is 5.41 Å². The molecule has 6 heteroatoms. The molecule has 150 valence electrons. The van der Waals surface area contributed by atoms with E-state index in [0.29, 0.717) is 11.6 Å². The molecule has 0 bridgehead atoms. The number of rotatable bonds is 4. The zero-order valence-corrected chi connectivity index (χ0v) is 17.9. The van der Waals surface area contributed by atoms with Crippen LogP contribution < -0.4 is 4.74 Å². The van der Waals surface area contributed by atoms with Gasteiger partial charge in [0, 0.05) is 19.2 Å². The molecule has 5 nitrogen and oxygen atoms in total. The van der Waals surface area contributed by atoms with Gasteiger partial charge in [-0.3, -0.25) is 0 Å². The van der Waals surface area contributed by atoms with E-state index in [0.717, 1.165) is 48.8 Å². The molecule has 1 aromatic heterocycles. The van der Waals surface area contributed by atoms with Gasteiger partial charge in [0.2, 0.25) is 5.88 Å². The Balaban J connectivity index is 1.68. The quantitative estimate of drug-likeness (QED) is 0.591. The molecule has 0 saturated carbocycles. The fourth-order valence-corrected chi connectivity index (χ4v) is 4.31. The third-order valence-corrected chi connectivity index (χ3v) is 6.28. The molecule has 1 aliphatic heterocycles. The maximum absolute atomic E-state index is 10.3. The van der Waals surface area contributed by atoms with Gasteiger partial charge in [0.1, 0.15) is 5.75 Å². The monoisotopic (exact) mass is 399 g/mol. The molecule has 28 heavy (non-hydrogen) atoms. The maximum atomic E-state index is 10.3. The Morgan fingerprint density at radius 1 is 1.29 bits per heavy atom. The number of thioether (sulfide) groups is 1. The Labute approximate surface area is 171 Å². The molecule has 1 N–H and O–H groups in total. The maximum Gasteiger partial charge on any atom is 0.213 e. The second kappa shape index (κ2) is 8.86. The number of hydrogen-bond donors (Lipinski definition) is 1. The Morgan fingerprint density at radius 2 is 2.04 bits per heavy atom. The number of piperidine rings is 1. The molecule has 1 aromatic carbocycles. The van der Waals surface area contributed by atoms with Crippen LogP contribution in [0.2, 0.25) is 0 Å². The molecule has 0 unspecified atom stereocenters. The number of amidine groups is 1. The molecule has 0 aliphatic carbocycles. The first-order chi connectivity index (χ1) is 13.4. The molecule has 0 amide bonds. The van der Waals surface area contributed by atoms with Crippen LogP contribution in [0.3, 0.4) is 0 Å². The van der Waals surface area contributed by atoms with E-state index in [1.165, 1.54) is 5.56 Å². The highest BCUT2D eigenvalue weighted by Gasteiger charge is 2.32. The van der Waals surface area contributed by atoms with E-state index < -0.39 is 0 Å². The van der Waals surface area contributed by atoms with Crippen molar-refractivity contribution in [1.82, 2.24) is 9.88 Å². The van der Waals surface area contributed by atoms with Gasteiger partial charge >= 0.3 is 0 Å². The molecular formula is C22H29N3O2S. The van der Waals surface area contributed by atoms with Crippen molar-refractivity contribution in [3.63, 3.8) is 0 Å². The summed E-state index contributed by atoms with van der Waals surface area (Å²) in [6, 6.07) is 9.54. The summed E-state index contributed by atoms with van der Waals surface area (Å²) in [5.74, 6) is 1.01. The molecule has 1 saturated heterocycles. The third kappa shape index (κ3) is 4.79. The Kier molecular flexibility index (Phi) is 6.50. The third-order valence-electron chi connectivity index (χ3n) is 5.57. The Morgan fingerprint density at radius 3 is 2.61 bits per heavy atom. The highest BCUT2D eigenvalue weighted by atomic mass is 32.2. The zero-order valence-electron chi connectivity index (χ0n) is 17.1. The average Bonchev–Trinajstić information content (AvgIpc) is 2.70. The van der Waals surface area contributed by atoms with Crippen molar-refractivity contribution < 1.29 is 9.84 Å².